The summed E-state index contributed by atoms with van der Waals surface area (Å²) >= 11 is 0. The van der Waals surface area contributed by atoms with Crippen LogP contribution in [0.1, 0.15) is 6.92 Å². The topological polar surface area (TPSA) is 83.5 Å². The van der Waals surface area contributed by atoms with Gasteiger partial charge in [0.05, 0.1) is 22.3 Å². The van der Waals surface area contributed by atoms with Gasteiger partial charge in [-0.2, -0.15) is 0 Å². The van der Waals surface area contributed by atoms with Crippen LogP contribution >= 0.6 is 0 Å². The first-order valence-corrected chi connectivity index (χ1v) is 11.3. The van der Waals surface area contributed by atoms with Crippen LogP contribution in [-0.4, -0.2) is 26.8 Å². The van der Waals surface area contributed by atoms with Crippen LogP contribution < -0.4 is 14.8 Å². The molecule has 4 aromatic rings. The minimum atomic E-state index is -2.58. The molecule has 1 heterocycles. The molecule has 0 aliphatic carbocycles. The van der Waals surface area contributed by atoms with E-state index in [4.69, 9.17) is 4.74 Å². The van der Waals surface area contributed by atoms with Crippen molar-refractivity contribution in [1.82, 2.24) is 4.98 Å². The van der Waals surface area contributed by atoms with Gasteiger partial charge in [-0.3, -0.25) is 4.98 Å². The van der Waals surface area contributed by atoms with Crippen LogP contribution in [0.4, 0.5) is 17.1 Å². The number of pyridine rings is 1. The Balaban J connectivity index is 1.73. The second kappa shape index (κ2) is 8.57. The van der Waals surface area contributed by atoms with Crippen LogP contribution in [0.25, 0.3) is 10.9 Å². The van der Waals surface area contributed by atoms with Gasteiger partial charge >= 0.3 is 0 Å². The van der Waals surface area contributed by atoms with E-state index in [1.54, 1.807) is 43.8 Å². The number of fused-ring (bicyclic) bond motifs is 1. The fraction of sp³-hybridized carbons (Fsp3) is 0.0833. The summed E-state index contributed by atoms with van der Waals surface area (Å²) < 4.78 is 21.9. The van der Waals surface area contributed by atoms with Crippen LogP contribution in [0.5, 0.6) is 11.5 Å². The van der Waals surface area contributed by atoms with Crippen LogP contribution in [0.3, 0.4) is 0 Å². The zero-order chi connectivity index (χ0) is 21.8. The van der Waals surface area contributed by atoms with Crippen LogP contribution in [0.2, 0.25) is 0 Å². The highest BCUT2D eigenvalue weighted by atomic mass is 32.2. The summed E-state index contributed by atoms with van der Waals surface area (Å²) in [5.74, 6) is 0.646. The van der Waals surface area contributed by atoms with E-state index in [1.807, 2.05) is 54.6 Å². The average Bonchev–Trinajstić information content (AvgIpc) is 2.79. The van der Waals surface area contributed by atoms with Gasteiger partial charge < -0.3 is 19.9 Å². The highest BCUT2D eigenvalue weighted by Gasteiger charge is 2.11. The van der Waals surface area contributed by atoms with Crippen molar-refractivity contribution in [3.05, 3.63) is 79.0 Å². The number of hydrogen-bond donors (Lipinski definition) is 3. The highest BCUT2D eigenvalue weighted by Crippen LogP contribution is 2.31. The standard InChI is InChI=1S/C24H23N3O3S/c1-3-31(29,21-7-5-4-6-8-21)27-17-9-10-23-22(15-17)24(11-12-25-23)26-18-13-19(28)16-20(14-18)30-2/h3-16,28H,1-2H3,(H,25,26)(H,27,29). The van der Waals surface area contributed by atoms with Crippen LogP contribution in [0, 0.1) is 0 Å². The molecule has 0 saturated carbocycles. The summed E-state index contributed by atoms with van der Waals surface area (Å²) in [6, 6.07) is 21.8. The molecule has 0 aliphatic heterocycles. The van der Waals surface area contributed by atoms with Gasteiger partial charge in [0.25, 0.3) is 0 Å². The third-order valence-electron chi connectivity index (χ3n) is 4.84. The van der Waals surface area contributed by atoms with Gasteiger partial charge in [-0.25, -0.2) is 4.21 Å². The Morgan fingerprint density at radius 2 is 1.81 bits per heavy atom. The maximum absolute atomic E-state index is 13.5. The Bertz CT molecular complexity index is 1350. The molecule has 6 nitrogen and oxygen atoms in total. The lowest BCUT2D eigenvalue weighted by atomic mass is 10.1. The van der Waals surface area contributed by atoms with E-state index in [0.717, 1.165) is 16.6 Å². The van der Waals surface area contributed by atoms with Gasteiger partial charge in [0.2, 0.25) is 0 Å². The van der Waals surface area contributed by atoms with E-state index < -0.39 is 9.71 Å². The number of anilines is 3. The molecule has 3 N–H and O–H groups in total. The minimum Gasteiger partial charge on any atom is -0.508 e. The number of benzene rings is 3. The SMILES string of the molecule is CC=S(=O)(Nc1ccc2nccc(Nc3cc(O)cc(OC)c3)c2c1)c1ccccc1. The minimum absolute atomic E-state index is 0.101. The third-order valence-corrected chi connectivity index (χ3v) is 7.02. The number of aromatic nitrogens is 1. The van der Waals surface area contributed by atoms with Gasteiger partial charge in [-0.1, -0.05) is 18.2 Å². The van der Waals surface area contributed by atoms with E-state index in [2.05, 4.69) is 15.0 Å². The number of nitrogens with zero attached hydrogens (tertiary/aromatic N) is 1. The van der Waals surface area contributed by atoms with Crippen molar-refractivity contribution in [2.24, 2.45) is 0 Å². The lowest BCUT2D eigenvalue weighted by Gasteiger charge is -2.16. The summed E-state index contributed by atoms with van der Waals surface area (Å²) in [5, 5.41) is 15.8. The predicted octanol–water partition coefficient (Wildman–Crippen LogP) is 5.19. The molecular formula is C24H23N3O3S. The zero-order valence-electron chi connectivity index (χ0n) is 17.2. The van der Waals surface area contributed by atoms with E-state index in [9.17, 15) is 9.32 Å². The Morgan fingerprint density at radius 1 is 1.00 bits per heavy atom. The van der Waals surface area contributed by atoms with Gasteiger partial charge in [0.15, 0.2) is 0 Å². The maximum atomic E-state index is 13.5. The Labute approximate surface area is 181 Å². The van der Waals surface area contributed by atoms with Crippen molar-refractivity contribution in [2.45, 2.75) is 11.8 Å². The maximum Gasteiger partial charge on any atom is 0.124 e. The van der Waals surface area contributed by atoms with Crippen molar-refractivity contribution in [2.75, 3.05) is 17.1 Å². The number of rotatable bonds is 6. The number of nitrogens with one attached hydrogen (secondary N) is 2. The molecule has 158 valence electrons. The molecule has 1 aromatic heterocycles. The number of methoxy groups -OCH3 is 1. The van der Waals surface area contributed by atoms with Gasteiger partial charge in [0, 0.05) is 51.7 Å². The van der Waals surface area contributed by atoms with E-state index in [1.165, 1.54) is 0 Å². The van der Waals surface area contributed by atoms with Crippen molar-refractivity contribution in [3.63, 3.8) is 0 Å². The van der Waals surface area contributed by atoms with Gasteiger partial charge in [0.1, 0.15) is 11.5 Å². The first kappa shape index (κ1) is 20.6. The predicted molar refractivity (Wildman–Crippen MR) is 128 cm³/mol. The molecule has 0 bridgehead atoms. The molecule has 0 spiro atoms. The first-order valence-electron chi connectivity index (χ1n) is 9.71. The zero-order valence-corrected chi connectivity index (χ0v) is 18.0. The summed E-state index contributed by atoms with van der Waals surface area (Å²) in [6.07, 6.45) is 1.71. The van der Waals surface area contributed by atoms with E-state index in [-0.39, 0.29) is 5.75 Å². The van der Waals surface area contributed by atoms with Crippen LogP contribution in [0.15, 0.2) is 83.9 Å². The first-order chi connectivity index (χ1) is 15.0. The highest BCUT2D eigenvalue weighted by molar-refractivity contribution is 8.02. The van der Waals surface area contributed by atoms with Gasteiger partial charge in [-0.15, -0.1) is 0 Å². The normalized spacial score (nSPS) is 12.7. The molecule has 0 saturated heterocycles. The number of hydrogen-bond acceptors (Lipinski definition) is 5. The fourth-order valence-electron chi connectivity index (χ4n) is 3.30. The number of phenolic OH excluding ortho intramolecular Hbond substituents is 1. The lowest BCUT2D eigenvalue weighted by Crippen LogP contribution is -2.15. The molecule has 31 heavy (non-hydrogen) atoms. The summed E-state index contributed by atoms with van der Waals surface area (Å²) in [7, 11) is -1.03. The molecule has 1 unspecified atom stereocenters. The second-order valence-electron chi connectivity index (χ2n) is 6.89. The monoisotopic (exact) mass is 433 g/mol. The smallest absolute Gasteiger partial charge is 0.124 e. The third kappa shape index (κ3) is 4.41. The molecule has 0 aliphatic rings. The number of phenols is 1. The summed E-state index contributed by atoms with van der Waals surface area (Å²) in [5.41, 5.74) is 2.98. The van der Waals surface area contributed by atoms with Crippen molar-refractivity contribution in [3.8, 4) is 11.5 Å². The van der Waals surface area contributed by atoms with Crippen LogP contribution in [-0.2, 0) is 9.71 Å². The lowest BCUT2D eigenvalue weighted by molar-refractivity contribution is 0.408. The second-order valence-corrected chi connectivity index (χ2v) is 9.23. The molecule has 7 heteroatoms. The molecule has 1 atom stereocenters. The largest absolute Gasteiger partial charge is 0.508 e. The fourth-order valence-corrected chi connectivity index (χ4v) is 4.85. The quantitative estimate of drug-likeness (QED) is 0.365. The molecule has 4 rings (SSSR count). The van der Waals surface area contributed by atoms with Crippen molar-refractivity contribution in [1.29, 1.82) is 0 Å². The Kier molecular flexibility index (Phi) is 5.68. The van der Waals surface area contributed by atoms with Crippen molar-refractivity contribution < 1.29 is 14.1 Å². The molecule has 0 amide bonds. The van der Waals surface area contributed by atoms with E-state index in [0.29, 0.717) is 22.0 Å². The Morgan fingerprint density at radius 3 is 2.55 bits per heavy atom. The number of ether oxygens (including phenoxy) is 1. The van der Waals surface area contributed by atoms with Gasteiger partial charge in [-0.05, 0) is 48.7 Å². The molecule has 0 fully saturated rings. The summed E-state index contributed by atoms with van der Waals surface area (Å²) in [4.78, 5) is 5.15. The number of aromatic hydroxyl groups is 1. The molecule has 3 aromatic carbocycles. The molecular weight excluding hydrogens is 410 g/mol. The Hall–Kier alpha value is -3.71. The summed E-state index contributed by atoms with van der Waals surface area (Å²) in [6.45, 7) is 1.78. The molecule has 0 radical (unpaired) electrons. The van der Waals surface area contributed by atoms with Crippen molar-refractivity contribution >= 4 is 43.0 Å². The average molecular weight is 434 g/mol. The van der Waals surface area contributed by atoms with E-state index >= 15 is 0 Å².